The molecule has 2 aliphatic heterocycles. The molecule has 2 saturated heterocycles. The van der Waals surface area contributed by atoms with Gasteiger partial charge in [0.1, 0.15) is 5.76 Å². The number of Topliss-reactive ketones (excluding diaryl/α,β-unsaturated/α-hetero) is 1. The van der Waals surface area contributed by atoms with Crippen LogP contribution in [0.2, 0.25) is 10.0 Å². The van der Waals surface area contributed by atoms with Crippen molar-refractivity contribution >= 4 is 50.7 Å². The molecule has 4 rings (SSSR count). The van der Waals surface area contributed by atoms with Crippen molar-refractivity contribution in [2.75, 3.05) is 53.5 Å². The number of amides is 1. The number of carbonyl (C=O) groups is 2. The SMILES string of the molecule is CN(C)S(=O)(=O)c1ccc(/C(O)=C2/C(=O)C(=O)N(CCCN3CCOCC3)C2c2ccc(Cl)c(Cl)c2)cc1. The molecule has 9 nitrogen and oxygen atoms in total. The number of likely N-dealkylation sites (tertiary alicyclic amines) is 1. The van der Waals surface area contributed by atoms with Crippen LogP contribution in [0, 0.1) is 0 Å². The number of ether oxygens (including phenoxy) is 1. The molecule has 204 valence electrons. The third-order valence-electron chi connectivity index (χ3n) is 6.68. The zero-order valence-corrected chi connectivity index (χ0v) is 23.4. The summed E-state index contributed by atoms with van der Waals surface area (Å²) in [6, 6.07) is 9.43. The van der Waals surface area contributed by atoms with Crippen molar-refractivity contribution in [2.24, 2.45) is 0 Å². The molecule has 0 radical (unpaired) electrons. The molecule has 12 heteroatoms. The Balaban J connectivity index is 1.71. The minimum Gasteiger partial charge on any atom is -0.507 e. The number of ketones is 1. The van der Waals surface area contributed by atoms with E-state index in [1.807, 2.05) is 0 Å². The van der Waals surface area contributed by atoms with Gasteiger partial charge >= 0.3 is 0 Å². The second kappa shape index (κ2) is 11.7. The second-order valence-electron chi connectivity index (χ2n) is 9.29. The fourth-order valence-electron chi connectivity index (χ4n) is 4.58. The van der Waals surface area contributed by atoms with Crippen molar-refractivity contribution in [2.45, 2.75) is 17.4 Å². The number of morpholine rings is 1. The monoisotopic (exact) mass is 581 g/mol. The molecular formula is C26H29Cl2N3O6S. The normalized spacial score (nSPS) is 20.4. The fraction of sp³-hybridized carbons (Fsp3) is 0.385. The predicted molar refractivity (Wildman–Crippen MR) is 145 cm³/mol. The average Bonchev–Trinajstić information content (AvgIpc) is 3.15. The van der Waals surface area contributed by atoms with E-state index in [2.05, 4.69) is 4.90 Å². The maximum absolute atomic E-state index is 13.2. The highest BCUT2D eigenvalue weighted by molar-refractivity contribution is 7.89. The van der Waals surface area contributed by atoms with Crippen LogP contribution >= 0.6 is 23.2 Å². The second-order valence-corrected chi connectivity index (χ2v) is 12.3. The Morgan fingerprint density at radius 3 is 2.29 bits per heavy atom. The molecule has 2 aliphatic rings. The van der Waals surface area contributed by atoms with Crippen molar-refractivity contribution in [3.05, 3.63) is 69.2 Å². The zero-order chi connectivity index (χ0) is 27.6. The Hall–Kier alpha value is -2.47. The number of aliphatic hydroxyl groups is 1. The molecule has 1 unspecified atom stereocenters. The molecule has 1 amide bonds. The first-order chi connectivity index (χ1) is 18.0. The third-order valence-corrected chi connectivity index (χ3v) is 9.25. The molecular weight excluding hydrogens is 553 g/mol. The van der Waals surface area contributed by atoms with E-state index in [0.717, 1.165) is 23.9 Å². The third kappa shape index (κ3) is 5.75. The van der Waals surface area contributed by atoms with Crippen LogP contribution in [0.15, 0.2) is 52.9 Å². The summed E-state index contributed by atoms with van der Waals surface area (Å²) in [7, 11) is -0.846. The highest BCUT2D eigenvalue weighted by atomic mass is 35.5. The summed E-state index contributed by atoms with van der Waals surface area (Å²) >= 11 is 12.4. The van der Waals surface area contributed by atoms with Crippen molar-refractivity contribution in [3.63, 3.8) is 0 Å². The van der Waals surface area contributed by atoms with Gasteiger partial charge in [0.15, 0.2) is 0 Å². The van der Waals surface area contributed by atoms with E-state index < -0.39 is 33.5 Å². The topological polar surface area (TPSA) is 107 Å². The molecule has 2 fully saturated rings. The van der Waals surface area contributed by atoms with Crippen LogP contribution in [0.25, 0.3) is 5.76 Å². The molecule has 2 aromatic rings. The van der Waals surface area contributed by atoms with Crippen molar-refractivity contribution < 1.29 is 27.9 Å². The van der Waals surface area contributed by atoms with Gasteiger partial charge in [-0.25, -0.2) is 12.7 Å². The fourth-order valence-corrected chi connectivity index (χ4v) is 5.79. The van der Waals surface area contributed by atoms with E-state index in [1.165, 1.54) is 43.3 Å². The minimum absolute atomic E-state index is 0.0312. The number of nitrogens with zero attached hydrogens (tertiary/aromatic N) is 3. The molecule has 2 heterocycles. The summed E-state index contributed by atoms with van der Waals surface area (Å²) in [4.78, 5) is 30.1. The minimum atomic E-state index is -3.68. The van der Waals surface area contributed by atoms with Gasteiger partial charge in [0.05, 0.1) is 39.8 Å². The van der Waals surface area contributed by atoms with Crippen LogP contribution < -0.4 is 0 Å². The average molecular weight is 583 g/mol. The van der Waals surface area contributed by atoms with E-state index in [1.54, 1.807) is 18.2 Å². The Morgan fingerprint density at radius 1 is 1.03 bits per heavy atom. The van der Waals surface area contributed by atoms with Crippen LogP contribution in [0.5, 0.6) is 0 Å². The van der Waals surface area contributed by atoms with Gasteiger partial charge in [-0.2, -0.15) is 0 Å². The number of carbonyl (C=O) groups excluding carboxylic acids is 2. The first-order valence-corrected chi connectivity index (χ1v) is 14.3. The number of hydrogen-bond acceptors (Lipinski definition) is 7. The van der Waals surface area contributed by atoms with E-state index in [-0.39, 0.29) is 27.6 Å². The van der Waals surface area contributed by atoms with Gasteiger partial charge in [-0.1, -0.05) is 29.3 Å². The van der Waals surface area contributed by atoms with Crippen molar-refractivity contribution in [1.29, 1.82) is 0 Å². The van der Waals surface area contributed by atoms with Gasteiger partial charge in [-0.15, -0.1) is 0 Å². The summed E-state index contributed by atoms with van der Waals surface area (Å²) in [6.07, 6.45) is 0.613. The Morgan fingerprint density at radius 2 is 1.68 bits per heavy atom. The van der Waals surface area contributed by atoms with Crippen molar-refractivity contribution in [3.8, 4) is 0 Å². The summed E-state index contributed by atoms with van der Waals surface area (Å²) in [5.74, 6) is -1.95. The number of rotatable bonds is 8. The summed E-state index contributed by atoms with van der Waals surface area (Å²) in [5.41, 5.74) is 0.639. The predicted octanol–water partition coefficient (Wildman–Crippen LogP) is 3.39. The zero-order valence-electron chi connectivity index (χ0n) is 21.1. The van der Waals surface area contributed by atoms with E-state index >= 15 is 0 Å². The summed E-state index contributed by atoms with van der Waals surface area (Å²) in [6.45, 7) is 3.92. The number of hydrogen-bond donors (Lipinski definition) is 1. The molecule has 1 atom stereocenters. The lowest BCUT2D eigenvalue weighted by molar-refractivity contribution is -0.140. The summed E-state index contributed by atoms with van der Waals surface area (Å²) in [5, 5.41) is 11.8. The first kappa shape index (κ1) is 28.5. The van der Waals surface area contributed by atoms with Gasteiger partial charge in [0.2, 0.25) is 10.0 Å². The quantitative estimate of drug-likeness (QED) is 0.289. The van der Waals surface area contributed by atoms with Gasteiger partial charge in [-0.3, -0.25) is 14.5 Å². The smallest absolute Gasteiger partial charge is 0.295 e. The standard InChI is InChI=1S/C26H29Cl2N3O6S/c1-29(2)38(35,36)19-7-4-17(5-8-19)24(32)22-23(18-6-9-20(27)21(28)16-18)31(26(34)25(22)33)11-3-10-30-12-14-37-15-13-30/h4-9,16,23,32H,3,10-15H2,1-2H3/b24-22-. The van der Waals surface area contributed by atoms with Gasteiger partial charge in [0, 0.05) is 45.8 Å². The van der Waals surface area contributed by atoms with Crippen LogP contribution in [0.4, 0.5) is 0 Å². The molecule has 0 bridgehead atoms. The Labute approximate surface area is 232 Å². The van der Waals surface area contributed by atoms with Gasteiger partial charge in [0.25, 0.3) is 11.7 Å². The molecule has 2 aromatic carbocycles. The van der Waals surface area contributed by atoms with Crippen LogP contribution in [0.1, 0.15) is 23.6 Å². The number of sulfonamides is 1. The van der Waals surface area contributed by atoms with Crippen LogP contribution in [0.3, 0.4) is 0 Å². The number of benzene rings is 2. The molecule has 0 aliphatic carbocycles. The molecule has 0 spiro atoms. The largest absolute Gasteiger partial charge is 0.507 e. The lowest BCUT2D eigenvalue weighted by Crippen LogP contribution is -2.38. The maximum Gasteiger partial charge on any atom is 0.295 e. The van der Waals surface area contributed by atoms with Crippen LogP contribution in [-0.4, -0.2) is 92.8 Å². The van der Waals surface area contributed by atoms with Gasteiger partial charge < -0.3 is 14.7 Å². The molecule has 1 N–H and O–H groups in total. The Kier molecular flexibility index (Phi) is 8.81. The van der Waals surface area contributed by atoms with Gasteiger partial charge in [-0.05, 0) is 48.4 Å². The highest BCUT2D eigenvalue weighted by Gasteiger charge is 2.46. The maximum atomic E-state index is 13.2. The highest BCUT2D eigenvalue weighted by Crippen LogP contribution is 2.41. The lowest BCUT2D eigenvalue weighted by atomic mass is 9.95. The molecule has 0 aromatic heterocycles. The number of halogens is 2. The van der Waals surface area contributed by atoms with E-state index in [9.17, 15) is 23.1 Å². The van der Waals surface area contributed by atoms with E-state index in [4.69, 9.17) is 27.9 Å². The molecule has 38 heavy (non-hydrogen) atoms. The first-order valence-electron chi connectivity index (χ1n) is 12.1. The van der Waals surface area contributed by atoms with Crippen molar-refractivity contribution in [1.82, 2.24) is 14.1 Å². The molecule has 0 saturated carbocycles. The van der Waals surface area contributed by atoms with E-state index in [0.29, 0.717) is 30.2 Å². The Bertz CT molecular complexity index is 1360. The van der Waals surface area contributed by atoms with Crippen LogP contribution in [-0.2, 0) is 24.3 Å². The summed E-state index contributed by atoms with van der Waals surface area (Å²) < 4.78 is 31.3. The number of aliphatic hydroxyl groups excluding tert-OH is 1. The lowest BCUT2D eigenvalue weighted by Gasteiger charge is -2.29.